The highest BCUT2D eigenvalue weighted by Gasteiger charge is 2.44. The molecule has 0 bridgehead atoms. The van der Waals surface area contributed by atoms with Crippen LogP contribution in [0.15, 0.2) is 0 Å². The van der Waals surface area contributed by atoms with Crippen molar-refractivity contribution in [1.29, 1.82) is 0 Å². The Morgan fingerprint density at radius 2 is 1.00 bits per heavy atom. The van der Waals surface area contributed by atoms with E-state index in [1.165, 1.54) is 0 Å². The van der Waals surface area contributed by atoms with Crippen LogP contribution < -0.4 is 0 Å². The van der Waals surface area contributed by atoms with Gasteiger partial charge in [0.05, 0.1) is 10.5 Å². The molecule has 0 aromatic rings. The fourth-order valence-corrected chi connectivity index (χ4v) is 6.40. The quantitative estimate of drug-likeness (QED) is 0.702. The highest BCUT2D eigenvalue weighted by atomic mass is 32.2. The smallest absolute Gasteiger partial charge is 0.157 e. The van der Waals surface area contributed by atoms with Crippen molar-refractivity contribution >= 4 is 9.84 Å². The number of hydrogen-bond donors (Lipinski definition) is 0. The minimum atomic E-state index is -3.10. The lowest BCUT2D eigenvalue weighted by molar-refractivity contribution is 0.326. The van der Waals surface area contributed by atoms with Gasteiger partial charge in [-0.3, -0.25) is 0 Å². The monoisotopic (exact) mass is 290 g/mol. The van der Waals surface area contributed by atoms with Gasteiger partial charge in [-0.15, -0.1) is 0 Å². The SMILES string of the molecule is CCCC(C(C)(C)C)S(=O)(=O)C(CCC)C(C)(C)C. The summed E-state index contributed by atoms with van der Waals surface area (Å²) in [6.07, 6.45) is 3.37. The molecule has 116 valence electrons. The summed E-state index contributed by atoms with van der Waals surface area (Å²) in [6, 6.07) is 0. The van der Waals surface area contributed by atoms with E-state index in [0.717, 1.165) is 25.7 Å². The van der Waals surface area contributed by atoms with E-state index in [9.17, 15) is 8.42 Å². The van der Waals surface area contributed by atoms with Gasteiger partial charge in [0.15, 0.2) is 9.84 Å². The minimum Gasteiger partial charge on any atom is -0.228 e. The molecule has 0 N–H and O–H groups in total. The molecule has 0 aromatic heterocycles. The van der Waals surface area contributed by atoms with Crippen LogP contribution in [0.1, 0.15) is 81.1 Å². The van der Waals surface area contributed by atoms with Crippen LogP contribution in [0.25, 0.3) is 0 Å². The van der Waals surface area contributed by atoms with Crippen LogP contribution in [0.2, 0.25) is 0 Å². The van der Waals surface area contributed by atoms with Gasteiger partial charge in [-0.2, -0.15) is 0 Å². The largest absolute Gasteiger partial charge is 0.228 e. The first-order chi connectivity index (χ1) is 8.39. The number of sulfone groups is 1. The van der Waals surface area contributed by atoms with Crippen molar-refractivity contribution in [1.82, 2.24) is 0 Å². The van der Waals surface area contributed by atoms with Gasteiger partial charge < -0.3 is 0 Å². The highest BCUT2D eigenvalue weighted by Crippen LogP contribution is 2.38. The van der Waals surface area contributed by atoms with Gasteiger partial charge in [0.25, 0.3) is 0 Å². The molecule has 0 aliphatic carbocycles. The summed E-state index contributed by atoms with van der Waals surface area (Å²) in [7, 11) is -3.10. The molecule has 0 fully saturated rings. The van der Waals surface area contributed by atoms with Crippen molar-refractivity contribution in [2.75, 3.05) is 0 Å². The van der Waals surface area contributed by atoms with Gasteiger partial charge in [0.2, 0.25) is 0 Å². The standard InChI is InChI=1S/C16H34O2S/c1-9-11-13(15(3,4)5)19(17,18)14(12-10-2)16(6,7)8/h13-14H,9-12H2,1-8H3. The third-order valence-electron chi connectivity index (χ3n) is 3.83. The zero-order valence-electron chi connectivity index (χ0n) is 14.2. The topological polar surface area (TPSA) is 34.1 Å². The van der Waals surface area contributed by atoms with E-state index in [4.69, 9.17) is 0 Å². The molecule has 0 saturated carbocycles. The lowest BCUT2D eigenvalue weighted by Gasteiger charge is -2.38. The first kappa shape index (κ1) is 18.9. The Labute approximate surface area is 121 Å². The Kier molecular flexibility index (Phi) is 6.58. The molecule has 0 amide bonds. The molecule has 0 aromatic carbocycles. The van der Waals surface area contributed by atoms with Crippen LogP contribution in [0, 0.1) is 10.8 Å². The summed E-state index contributed by atoms with van der Waals surface area (Å²) in [6.45, 7) is 16.5. The summed E-state index contributed by atoms with van der Waals surface area (Å²) >= 11 is 0. The van der Waals surface area contributed by atoms with E-state index in [1.807, 2.05) is 0 Å². The zero-order valence-corrected chi connectivity index (χ0v) is 15.0. The molecule has 0 rings (SSSR count). The van der Waals surface area contributed by atoms with E-state index >= 15 is 0 Å². The second-order valence-corrected chi connectivity index (χ2v) is 10.2. The predicted molar refractivity (Wildman–Crippen MR) is 85.2 cm³/mol. The van der Waals surface area contributed by atoms with E-state index < -0.39 is 9.84 Å². The van der Waals surface area contributed by atoms with Crippen LogP contribution >= 0.6 is 0 Å². The van der Waals surface area contributed by atoms with E-state index in [1.54, 1.807) is 0 Å². The van der Waals surface area contributed by atoms with Crippen LogP contribution in [-0.2, 0) is 9.84 Å². The maximum atomic E-state index is 13.1. The lowest BCUT2D eigenvalue weighted by atomic mass is 9.88. The molecule has 0 aliphatic heterocycles. The van der Waals surface area contributed by atoms with Gasteiger partial charge in [-0.05, 0) is 23.7 Å². The van der Waals surface area contributed by atoms with Crippen LogP contribution in [0.5, 0.6) is 0 Å². The van der Waals surface area contributed by atoms with Gasteiger partial charge in [-0.25, -0.2) is 8.42 Å². The van der Waals surface area contributed by atoms with Crippen molar-refractivity contribution in [3.05, 3.63) is 0 Å². The Hall–Kier alpha value is -0.0500. The fourth-order valence-electron chi connectivity index (χ4n) is 2.90. The normalized spacial score (nSPS) is 17.3. The van der Waals surface area contributed by atoms with E-state index in [2.05, 4.69) is 55.4 Å². The van der Waals surface area contributed by atoms with Gasteiger partial charge in [-0.1, -0.05) is 68.2 Å². The number of hydrogen-bond acceptors (Lipinski definition) is 2. The summed E-state index contributed by atoms with van der Waals surface area (Å²) in [5.74, 6) is 0. The second kappa shape index (κ2) is 6.60. The Bertz CT molecular complexity index is 325. The molecule has 0 spiro atoms. The molecule has 2 unspecified atom stereocenters. The first-order valence-electron chi connectivity index (χ1n) is 7.61. The Morgan fingerprint density at radius 1 is 0.737 bits per heavy atom. The van der Waals surface area contributed by atoms with E-state index in [-0.39, 0.29) is 21.3 Å². The molecular formula is C16H34O2S. The average molecular weight is 291 g/mol. The first-order valence-corrected chi connectivity index (χ1v) is 9.22. The third kappa shape index (κ3) is 5.09. The second-order valence-electron chi connectivity index (χ2n) is 7.88. The molecule has 19 heavy (non-hydrogen) atoms. The van der Waals surface area contributed by atoms with Crippen molar-refractivity contribution < 1.29 is 8.42 Å². The fraction of sp³-hybridized carbons (Fsp3) is 1.00. The summed E-state index contributed by atoms with van der Waals surface area (Å²) in [5.41, 5.74) is -0.377. The third-order valence-corrected chi connectivity index (χ3v) is 7.30. The molecule has 3 heteroatoms. The predicted octanol–water partition coefficient (Wildman–Crippen LogP) is 4.83. The molecular weight excluding hydrogens is 256 g/mol. The lowest BCUT2D eigenvalue weighted by Crippen LogP contribution is -2.45. The molecule has 0 radical (unpaired) electrons. The van der Waals surface area contributed by atoms with Crippen molar-refractivity contribution in [2.45, 2.75) is 91.6 Å². The molecule has 2 nitrogen and oxygen atoms in total. The average Bonchev–Trinajstić information content (AvgIpc) is 2.18. The highest BCUT2D eigenvalue weighted by molar-refractivity contribution is 7.92. The zero-order chi connectivity index (χ0) is 15.5. The molecule has 0 aliphatic rings. The number of rotatable bonds is 6. The van der Waals surface area contributed by atoms with E-state index in [0.29, 0.717) is 0 Å². The summed E-state index contributed by atoms with van der Waals surface area (Å²) in [5, 5.41) is -0.471. The molecule has 0 heterocycles. The van der Waals surface area contributed by atoms with Crippen LogP contribution in [-0.4, -0.2) is 18.9 Å². The maximum absolute atomic E-state index is 13.1. The van der Waals surface area contributed by atoms with Crippen LogP contribution in [0.4, 0.5) is 0 Å². The Morgan fingerprint density at radius 3 is 1.16 bits per heavy atom. The van der Waals surface area contributed by atoms with Crippen molar-refractivity contribution in [2.24, 2.45) is 10.8 Å². The summed E-state index contributed by atoms with van der Waals surface area (Å²) < 4.78 is 26.2. The van der Waals surface area contributed by atoms with Crippen molar-refractivity contribution in [3.8, 4) is 0 Å². The summed E-state index contributed by atoms with van der Waals surface area (Å²) in [4.78, 5) is 0. The maximum Gasteiger partial charge on any atom is 0.157 e. The Balaban J connectivity index is 5.61. The minimum absolute atomic E-state index is 0.188. The van der Waals surface area contributed by atoms with Gasteiger partial charge >= 0.3 is 0 Å². The van der Waals surface area contributed by atoms with Gasteiger partial charge in [0.1, 0.15) is 0 Å². The molecule has 2 atom stereocenters. The van der Waals surface area contributed by atoms with Crippen molar-refractivity contribution in [3.63, 3.8) is 0 Å². The molecule has 0 saturated heterocycles. The van der Waals surface area contributed by atoms with Gasteiger partial charge in [0, 0.05) is 0 Å². The van der Waals surface area contributed by atoms with Crippen LogP contribution in [0.3, 0.4) is 0 Å².